The summed E-state index contributed by atoms with van der Waals surface area (Å²) in [6, 6.07) is 10.6. The minimum atomic E-state index is -4.46. The van der Waals surface area contributed by atoms with E-state index in [1.807, 2.05) is 0 Å². The van der Waals surface area contributed by atoms with Crippen LogP contribution >= 0.6 is 0 Å². The topological polar surface area (TPSA) is 64.4 Å². The Hall–Kier alpha value is -2.87. The molecule has 0 aromatic heterocycles. The molecule has 0 saturated heterocycles. The quantitative estimate of drug-likeness (QED) is 0.630. The molecule has 8 heteroatoms. The normalized spacial score (nSPS) is 11.1. The summed E-state index contributed by atoms with van der Waals surface area (Å²) in [6.07, 6.45) is -4.46. The van der Waals surface area contributed by atoms with Gasteiger partial charge < -0.3 is 0 Å². The zero-order valence-corrected chi connectivity index (χ0v) is 12.3. The highest BCUT2D eigenvalue weighted by atomic mass is 19.4. The van der Waals surface area contributed by atoms with Crippen molar-refractivity contribution in [3.63, 3.8) is 0 Å². The van der Waals surface area contributed by atoms with Gasteiger partial charge in [-0.3, -0.25) is 20.4 Å². The van der Waals surface area contributed by atoms with Crippen molar-refractivity contribution in [3.05, 3.63) is 81.9 Å². The summed E-state index contributed by atoms with van der Waals surface area (Å²) in [5, 5.41) is 10.9. The van der Waals surface area contributed by atoms with Gasteiger partial charge in [0.15, 0.2) is 0 Å². The van der Waals surface area contributed by atoms with Crippen molar-refractivity contribution in [3.8, 4) is 0 Å². The van der Waals surface area contributed by atoms with Gasteiger partial charge >= 0.3 is 6.18 Å². The fraction of sp³-hybridized carbons (Fsp3) is 0.125. The van der Waals surface area contributed by atoms with E-state index in [0.29, 0.717) is 5.56 Å². The van der Waals surface area contributed by atoms with Crippen LogP contribution in [0.5, 0.6) is 0 Å². The predicted octanol–water partition coefficient (Wildman–Crippen LogP) is 4.31. The second-order valence-corrected chi connectivity index (χ2v) is 4.83. The van der Waals surface area contributed by atoms with Gasteiger partial charge in [0.25, 0.3) is 5.69 Å². The third kappa shape index (κ3) is 4.32. The van der Waals surface area contributed by atoms with E-state index in [9.17, 15) is 23.3 Å². The number of hydrogen-bond donors (Lipinski definition) is 1. The number of rotatable bonds is 6. The number of halogens is 3. The number of hydroxylamine groups is 1. The van der Waals surface area contributed by atoms with Crippen LogP contribution in [0.1, 0.15) is 16.7 Å². The molecular weight excluding hydrogens is 325 g/mol. The first-order valence-electron chi connectivity index (χ1n) is 6.75. The number of nitrogens with one attached hydrogen (secondary N) is 1. The van der Waals surface area contributed by atoms with E-state index in [-0.39, 0.29) is 23.6 Å². The number of nitro benzene ring substituents is 1. The first-order valence-corrected chi connectivity index (χ1v) is 6.75. The first-order chi connectivity index (χ1) is 11.3. The van der Waals surface area contributed by atoms with Gasteiger partial charge in [-0.05, 0) is 23.8 Å². The van der Waals surface area contributed by atoms with Crippen LogP contribution in [0.4, 0.5) is 18.9 Å². The second-order valence-electron chi connectivity index (χ2n) is 4.83. The molecule has 2 aromatic carbocycles. The van der Waals surface area contributed by atoms with Crippen LogP contribution in [-0.4, -0.2) is 4.92 Å². The van der Waals surface area contributed by atoms with Crippen molar-refractivity contribution < 1.29 is 22.9 Å². The Morgan fingerprint density at radius 3 is 2.58 bits per heavy atom. The molecule has 0 saturated carbocycles. The largest absolute Gasteiger partial charge is 0.416 e. The minimum Gasteiger partial charge on any atom is -0.271 e. The van der Waals surface area contributed by atoms with Crippen LogP contribution in [0.2, 0.25) is 0 Å². The lowest BCUT2D eigenvalue weighted by Gasteiger charge is -2.12. The van der Waals surface area contributed by atoms with E-state index in [1.165, 1.54) is 30.3 Å². The second kappa shape index (κ2) is 7.14. The number of alkyl halides is 3. The van der Waals surface area contributed by atoms with Crippen LogP contribution in [0, 0.1) is 10.1 Å². The lowest BCUT2D eigenvalue weighted by atomic mass is 10.1. The fourth-order valence-electron chi connectivity index (χ4n) is 1.95. The van der Waals surface area contributed by atoms with Gasteiger partial charge in [0.05, 0.1) is 21.7 Å². The molecular formula is C16H13F3N2O3. The molecule has 0 bridgehead atoms. The molecule has 126 valence electrons. The van der Waals surface area contributed by atoms with Crippen LogP contribution in [0.25, 0.3) is 5.70 Å². The molecule has 0 radical (unpaired) electrons. The molecule has 0 heterocycles. The lowest BCUT2D eigenvalue weighted by Crippen LogP contribution is -2.13. The molecule has 2 rings (SSSR count). The van der Waals surface area contributed by atoms with Gasteiger partial charge in [0.1, 0.15) is 6.61 Å². The maximum Gasteiger partial charge on any atom is 0.416 e. The van der Waals surface area contributed by atoms with E-state index < -0.39 is 16.7 Å². The van der Waals surface area contributed by atoms with Crippen molar-refractivity contribution in [2.75, 3.05) is 0 Å². The Kier molecular flexibility index (Phi) is 5.20. The molecule has 0 aliphatic heterocycles. The van der Waals surface area contributed by atoms with Crippen molar-refractivity contribution in [2.45, 2.75) is 12.8 Å². The lowest BCUT2D eigenvalue weighted by molar-refractivity contribution is -0.386. The maximum absolute atomic E-state index is 12.7. The summed E-state index contributed by atoms with van der Waals surface area (Å²) in [5.41, 5.74) is 2.13. The molecule has 5 nitrogen and oxygen atoms in total. The molecule has 0 atom stereocenters. The van der Waals surface area contributed by atoms with Crippen molar-refractivity contribution in [1.29, 1.82) is 0 Å². The van der Waals surface area contributed by atoms with Gasteiger partial charge in [0, 0.05) is 6.07 Å². The summed E-state index contributed by atoms with van der Waals surface area (Å²) in [4.78, 5) is 15.5. The van der Waals surface area contributed by atoms with Crippen LogP contribution in [-0.2, 0) is 17.6 Å². The van der Waals surface area contributed by atoms with Gasteiger partial charge in [-0.1, -0.05) is 30.8 Å². The molecule has 2 aromatic rings. The van der Waals surface area contributed by atoms with Gasteiger partial charge in [0.2, 0.25) is 0 Å². The number of nitrogens with zero attached hydrogens (tertiary/aromatic N) is 1. The Bertz CT molecular complexity index is 760. The van der Waals surface area contributed by atoms with Crippen LogP contribution < -0.4 is 5.48 Å². The van der Waals surface area contributed by atoms with Crippen molar-refractivity contribution >= 4 is 11.4 Å². The Morgan fingerprint density at radius 2 is 1.92 bits per heavy atom. The average molecular weight is 338 g/mol. The molecule has 0 aliphatic carbocycles. The number of benzene rings is 2. The summed E-state index contributed by atoms with van der Waals surface area (Å²) < 4.78 is 38.0. The minimum absolute atomic E-state index is 0.107. The van der Waals surface area contributed by atoms with Crippen molar-refractivity contribution in [1.82, 2.24) is 5.48 Å². The van der Waals surface area contributed by atoms with E-state index in [1.54, 1.807) is 6.07 Å². The Morgan fingerprint density at radius 1 is 1.21 bits per heavy atom. The highest BCUT2D eigenvalue weighted by molar-refractivity contribution is 5.61. The maximum atomic E-state index is 12.7. The van der Waals surface area contributed by atoms with Gasteiger partial charge in [-0.2, -0.15) is 13.2 Å². The third-order valence-electron chi connectivity index (χ3n) is 3.15. The third-order valence-corrected chi connectivity index (χ3v) is 3.15. The molecule has 1 N–H and O–H groups in total. The summed E-state index contributed by atoms with van der Waals surface area (Å²) in [6.45, 7) is 3.46. The molecule has 0 aliphatic rings. The van der Waals surface area contributed by atoms with Gasteiger partial charge in [-0.15, -0.1) is 0 Å². The molecule has 0 spiro atoms. The van der Waals surface area contributed by atoms with Crippen molar-refractivity contribution in [2.24, 2.45) is 0 Å². The van der Waals surface area contributed by atoms with E-state index in [4.69, 9.17) is 4.84 Å². The highest BCUT2D eigenvalue weighted by Crippen LogP contribution is 2.30. The Labute approximate surface area is 135 Å². The highest BCUT2D eigenvalue weighted by Gasteiger charge is 2.30. The SMILES string of the molecule is C=C(NOCc1ccccc1[N+](=O)[O-])c1cccc(C(F)(F)F)c1. The summed E-state index contributed by atoms with van der Waals surface area (Å²) in [7, 11) is 0. The fourth-order valence-corrected chi connectivity index (χ4v) is 1.95. The summed E-state index contributed by atoms with van der Waals surface area (Å²) in [5.74, 6) is 0. The summed E-state index contributed by atoms with van der Waals surface area (Å²) >= 11 is 0. The first kappa shape index (κ1) is 17.5. The van der Waals surface area contributed by atoms with E-state index in [2.05, 4.69) is 12.1 Å². The smallest absolute Gasteiger partial charge is 0.271 e. The van der Waals surface area contributed by atoms with Crippen LogP contribution in [0.15, 0.2) is 55.1 Å². The van der Waals surface area contributed by atoms with Crippen LogP contribution in [0.3, 0.4) is 0 Å². The average Bonchev–Trinajstić information content (AvgIpc) is 2.54. The zero-order chi connectivity index (χ0) is 17.7. The number of nitro groups is 1. The predicted molar refractivity (Wildman–Crippen MR) is 81.5 cm³/mol. The molecule has 0 unspecified atom stereocenters. The standard InChI is InChI=1S/C16H13F3N2O3/c1-11(12-6-4-7-14(9-12)16(17,18)19)20-24-10-13-5-2-3-8-15(13)21(22)23/h2-9,20H,1,10H2. The molecule has 24 heavy (non-hydrogen) atoms. The Balaban J connectivity index is 2.01. The zero-order valence-electron chi connectivity index (χ0n) is 12.3. The van der Waals surface area contributed by atoms with Gasteiger partial charge in [-0.25, -0.2) is 0 Å². The monoisotopic (exact) mass is 338 g/mol. The van der Waals surface area contributed by atoms with E-state index in [0.717, 1.165) is 12.1 Å². The van der Waals surface area contributed by atoms with E-state index >= 15 is 0 Å². The molecule has 0 amide bonds. The number of para-hydroxylation sites is 1. The number of hydrogen-bond acceptors (Lipinski definition) is 4. The molecule has 0 fully saturated rings.